The van der Waals surface area contributed by atoms with Gasteiger partial charge in [-0.2, -0.15) is 0 Å². The van der Waals surface area contributed by atoms with Gasteiger partial charge in [-0.1, -0.05) is 18.2 Å². The molecule has 1 aliphatic heterocycles. The normalized spacial score (nSPS) is 17.0. The van der Waals surface area contributed by atoms with E-state index >= 15 is 0 Å². The zero-order valence-electron chi connectivity index (χ0n) is 11.3. The minimum absolute atomic E-state index is 0.105. The van der Waals surface area contributed by atoms with Gasteiger partial charge in [-0.15, -0.1) is 11.3 Å². The number of aromatic nitrogens is 1. The summed E-state index contributed by atoms with van der Waals surface area (Å²) in [7, 11) is 0. The third-order valence-corrected chi connectivity index (χ3v) is 4.68. The van der Waals surface area contributed by atoms with Gasteiger partial charge in [0.15, 0.2) is 0 Å². The van der Waals surface area contributed by atoms with E-state index in [1.807, 2.05) is 37.3 Å². The Morgan fingerprint density at radius 2 is 2.05 bits per heavy atom. The highest BCUT2D eigenvalue weighted by Crippen LogP contribution is 2.42. The number of phenolic OH excluding ortho intramolecular Hbond substituents is 1. The van der Waals surface area contributed by atoms with E-state index in [9.17, 15) is 9.90 Å². The summed E-state index contributed by atoms with van der Waals surface area (Å²) in [6.45, 7) is 1.93. The third-order valence-electron chi connectivity index (χ3n) is 3.75. The Labute approximate surface area is 125 Å². The van der Waals surface area contributed by atoms with Crippen molar-refractivity contribution in [1.29, 1.82) is 0 Å². The molecule has 0 aliphatic carbocycles. The topological polar surface area (TPSA) is 62.2 Å². The molecule has 0 bridgehead atoms. The number of hydrogen-bond donors (Lipinski definition) is 2. The average molecular weight is 296 g/mol. The highest BCUT2D eigenvalue weighted by Gasteiger charge is 2.33. The lowest BCUT2D eigenvalue weighted by molar-refractivity contribution is -0.116. The van der Waals surface area contributed by atoms with Crippen molar-refractivity contribution in [1.82, 2.24) is 4.98 Å². The van der Waals surface area contributed by atoms with Gasteiger partial charge in [0.1, 0.15) is 5.75 Å². The fourth-order valence-electron chi connectivity index (χ4n) is 2.84. The van der Waals surface area contributed by atoms with Crippen LogP contribution >= 0.6 is 11.3 Å². The molecule has 5 heteroatoms. The highest BCUT2D eigenvalue weighted by molar-refractivity contribution is 7.18. The maximum Gasteiger partial charge on any atom is 0.236 e. The largest absolute Gasteiger partial charge is 0.508 e. The van der Waals surface area contributed by atoms with Crippen molar-refractivity contribution in [2.45, 2.75) is 12.8 Å². The molecule has 3 aromatic rings. The number of amides is 1. The van der Waals surface area contributed by atoms with Gasteiger partial charge in [-0.25, -0.2) is 4.98 Å². The second-order valence-electron chi connectivity index (χ2n) is 5.12. The number of carbonyl (C=O) groups excluding carboxylic acids is 1. The fraction of sp³-hybridized carbons (Fsp3) is 0.125. The molecule has 2 N–H and O–H groups in total. The van der Waals surface area contributed by atoms with E-state index in [1.165, 1.54) is 0 Å². The molecule has 21 heavy (non-hydrogen) atoms. The monoisotopic (exact) mass is 296 g/mol. The number of carbonyl (C=O) groups is 1. The Morgan fingerprint density at radius 1 is 1.24 bits per heavy atom. The van der Waals surface area contributed by atoms with Crippen LogP contribution in [0, 0.1) is 6.92 Å². The summed E-state index contributed by atoms with van der Waals surface area (Å²) in [5, 5.41) is 14.1. The quantitative estimate of drug-likeness (QED) is 0.723. The predicted octanol–water partition coefficient (Wildman–Crippen LogP) is 3.39. The summed E-state index contributed by atoms with van der Waals surface area (Å²) in [6, 6.07) is 11.1. The number of anilines is 1. The molecule has 104 valence electrons. The molecule has 1 amide bonds. The van der Waals surface area contributed by atoms with E-state index in [2.05, 4.69) is 10.3 Å². The van der Waals surface area contributed by atoms with Gasteiger partial charge in [-0.05, 0) is 24.6 Å². The van der Waals surface area contributed by atoms with Gasteiger partial charge >= 0.3 is 0 Å². The first-order chi connectivity index (χ1) is 10.1. The molecule has 0 spiro atoms. The molecule has 1 atom stereocenters. The number of aryl methyl sites for hydroxylation is 1. The van der Waals surface area contributed by atoms with Crippen molar-refractivity contribution in [3.05, 3.63) is 52.5 Å². The van der Waals surface area contributed by atoms with E-state index in [4.69, 9.17) is 0 Å². The first-order valence-corrected chi connectivity index (χ1v) is 7.45. The summed E-state index contributed by atoms with van der Waals surface area (Å²) in [5.41, 5.74) is 3.12. The Morgan fingerprint density at radius 3 is 2.90 bits per heavy atom. The summed E-state index contributed by atoms with van der Waals surface area (Å²) < 4.78 is 0.984. The van der Waals surface area contributed by atoms with Gasteiger partial charge in [0.05, 0.1) is 21.1 Å². The molecule has 0 saturated carbocycles. The molecule has 1 unspecified atom stereocenters. The average Bonchev–Trinajstić information content (AvgIpc) is 2.95. The number of benzene rings is 2. The van der Waals surface area contributed by atoms with Crippen LogP contribution < -0.4 is 5.32 Å². The Hall–Kier alpha value is -2.40. The smallest absolute Gasteiger partial charge is 0.236 e. The number of fused-ring (bicyclic) bond motifs is 2. The van der Waals surface area contributed by atoms with E-state index < -0.39 is 5.92 Å². The van der Waals surface area contributed by atoms with Gasteiger partial charge in [-0.3, -0.25) is 4.79 Å². The lowest BCUT2D eigenvalue weighted by atomic mass is 9.92. The number of hydrogen-bond acceptors (Lipinski definition) is 4. The minimum atomic E-state index is -0.465. The Balaban J connectivity index is 1.94. The molecule has 2 heterocycles. The van der Waals surface area contributed by atoms with Crippen LogP contribution in [0.4, 0.5) is 5.69 Å². The Bertz CT molecular complexity index is 885. The van der Waals surface area contributed by atoms with Gasteiger partial charge < -0.3 is 10.4 Å². The Kier molecular flexibility index (Phi) is 2.53. The molecule has 0 radical (unpaired) electrons. The minimum Gasteiger partial charge on any atom is -0.508 e. The zero-order valence-corrected chi connectivity index (χ0v) is 12.1. The van der Waals surface area contributed by atoms with Crippen molar-refractivity contribution in [3.63, 3.8) is 0 Å². The second kappa shape index (κ2) is 4.30. The van der Waals surface area contributed by atoms with E-state index in [0.29, 0.717) is 5.56 Å². The van der Waals surface area contributed by atoms with Crippen LogP contribution in [0.3, 0.4) is 0 Å². The van der Waals surface area contributed by atoms with Gasteiger partial charge in [0.25, 0.3) is 0 Å². The van der Waals surface area contributed by atoms with Crippen molar-refractivity contribution in [2.24, 2.45) is 0 Å². The van der Waals surface area contributed by atoms with Gasteiger partial charge in [0.2, 0.25) is 5.91 Å². The molecule has 2 aromatic carbocycles. The zero-order chi connectivity index (χ0) is 14.6. The molecular formula is C16H12N2O2S. The van der Waals surface area contributed by atoms with Crippen molar-refractivity contribution in [2.75, 3.05) is 5.32 Å². The summed E-state index contributed by atoms with van der Waals surface area (Å²) in [6.07, 6.45) is 0. The number of rotatable bonds is 1. The number of nitrogens with zero attached hydrogens (tertiary/aromatic N) is 1. The molecular weight excluding hydrogens is 284 g/mol. The standard InChI is InChI=1S/C16H12N2O2S/c1-8-17-12-7-13(19)10(6-14(12)21-8)15-9-4-2-3-5-11(9)18-16(15)20/h2-7,15,19H,1H3,(H,18,20). The molecule has 4 nitrogen and oxygen atoms in total. The highest BCUT2D eigenvalue weighted by atomic mass is 32.1. The third kappa shape index (κ3) is 1.81. The second-order valence-corrected chi connectivity index (χ2v) is 6.36. The first kappa shape index (κ1) is 12.3. The summed E-state index contributed by atoms with van der Waals surface area (Å²) in [4.78, 5) is 16.7. The molecule has 0 saturated heterocycles. The number of thiazole rings is 1. The molecule has 1 aromatic heterocycles. The van der Waals surface area contributed by atoms with E-state index in [1.54, 1.807) is 17.4 Å². The van der Waals surface area contributed by atoms with Crippen LogP contribution in [0.5, 0.6) is 5.75 Å². The van der Waals surface area contributed by atoms with Gasteiger partial charge in [0, 0.05) is 17.3 Å². The lowest BCUT2D eigenvalue weighted by Gasteiger charge is -2.11. The van der Waals surface area contributed by atoms with Crippen LogP contribution in [-0.2, 0) is 4.79 Å². The van der Waals surface area contributed by atoms with Crippen LogP contribution in [0.1, 0.15) is 22.1 Å². The van der Waals surface area contributed by atoms with E-state index in [-0.39, 0.29) is 11.7 Å². The van der Waals surface area contributed by atoms with Crippen molar-refractivity contribution < 1.29 is 9.90 Å². The summed E-state index contributed by atoms with van der Waals surface area (Å²) in [5.74, 6) is -0.454. The SMILES string of the molecule is Cc1nc2cc(O)c(C3C(=O)Nc4ccccc43)cc2s1. The van der Waals surface area contributed by atoms with Crippen molar-refractivity contribution >= 4 is 33.1 Å². The van der Waals surface area contributed by atoms with Crippen LogP contribution in [0.2, 0.25) is 0 Å². The molecule has 0 fully saturated rings. The number of nitrogens with one attached hydrogen (secondary N) is 1. The molecule has 4 rings (SSSR count). The predicted molar refractivity (Wildman–Crippen MR) is 82.9 cm³/mol. The maximum absolute atomic E-state index is 12.3. The fourth-order valence-corrected chi connectivity index (χ4v) is 3.70. The van der Waals surface area contributed by atoms with Crippen LogP contribution in [0.25, 0.3) is 10.2 Å². The number of phenols is 1. The van der Waals surface area contributed by atoms with Crippen LogP contribution in [-0.4, -0.2) is 16.0 Å². The van der Waals surface area contributed by atoms with Crippen molar-refractivity contribution in [3.8, 4) is 5.75 Å². The first-order valence-electron chi connectivity index (χ1n) is 6.63. The van der Waals surface area contributed by atoms with Crippen LogP contribution in [0.15, 0.2) is 36.4 Å². The molecule has 1 aliphatic rings. The number of aromatic hydroxyl groups is 1. The lowest BCUT2D eigenvalue weighted by Crippen LogP contribution is -2.13. The number of para-hydroxylation sites is 1. The summed E-state index contributed by atoms with van der Waals surface area (Å²) >= 11 is 1.56. The maximum atomic E-state index is 12.3. The van der Waals surface area contributed by atoms with E-state index in [0.717, 1.165) is 26.5 Å².